The molecule has 0 unspecified atom stereocenters. The van der Waals surface area contributed by atoms with Crippen LogP contribution in [0.3, 0.4) is 0 Å². The van der Waals surface area contributed by atoms with Crippen molar-refractivity contribution >= 4 is 43.2 Å². The lowest BCUT2D eigenvalue weighted by Gasteiger charge is -2.08. The SMILES string of the molecule is Cn1nnc(Br)c1S(=O)(=O)Nc1cnccc1Cl. The molecule has 1 N–H and O–H groups in total. The highest BCUT2D eigenvalue weighted by molar-refractivity contribution is 9.10. The van der Waals surface area contributed by atoms with Crippen LogP contribution in [0, 0.1) is 0 Å². The Hall–Kier alpha value is -1.19. The highest BCUT2D eigenvalue weighted by Crippen LogP contribution is 2.25. The first-order chi connectivity index (χ1) is 8.42. The summed E-state index contributed by atoms with van der Waals surface area (Å²) in [7, 11) is -2.37. The monoisotopic (exact) mass is 351 g/mol. The lowest BCUT2D eigenvalue weighted by Crippen LogP contribution is -2.17. The molecule has 2 rings (SSSR count). The van der Waals surface area contributed by atoms with Crippen LogP contribution in [0.2, 0.25) is 5.02 Å². The van der Waals surface area contributed by atoms with Crippen molar-refractivity contribution in [2.45, 2.75) is 5.03 Å². The van der Waals surface area contributed by atoms with Crippen LogP contribution in [0.15, 0.2) is 28.1 Å². The van der Waals surface area contributed by atoms with Crippen LogP contribution < -0.4 is 4.72 Å². The minimum atomic E-state index is -3.84. The molecule has 0 amide bonds. The molecule has 0 aliphatic heterocycles. The van der Waals surface area contributed by atoms with Gasteiger partial charge in [0, 0.05) is 13.2 Å². The lowest BCUT2D eigenvalue weighted by atomic mass is 10.4. The molecule has 0 radical (unpaired) electrons. The highest BCUT2D eigenvalue weighted by Gasteiger charge is 2.24. The Bertz CT molecular complexity index is 667. The normalized spacial score (nSPS) is 11.5. The molecule has 18 heavy (non-hydrogen) atoms. The summed E-state index contributed by atoms with van der Waals surface area (Å²) >= 11 is 8.88. The zero-order valence-electron chi connectivity index (χ0n) is 9.00. The van der Waals surface area contributed by atoms with E-state index in [1.54, 1.807) is 0 Å². The minimum Gasteiger partial charge on any atom is -0.275 e. The van der Waals surface area contributed by atoms with E-state index in [9.17, 15) is 8.42 Å². The predicted molar refractivity (Wildman–Crippen MR) is 68.8 cm³/mol. The third-order valence-corrected chi connectivity index (χ3v) is 4.59. The molecule has 10 heteroatoms. The second-order valence-electron chi connectivity index (χ2n) is 3.27. The molecule has 0 fully saturated rings. The summed E-state index contributed by atoms with van der Waals surface area (Å²) in [5.74, 6) is 0. The summed E-state index contributed by atoms with van der Waals surface area (Å²) in [6, 6.07) is 1.48. The molecular weight excluding hydrogens is 346 g/mol. The van der Waals surface area contributed by atoms with Gasteiger partial charge < -0.3 is 0 Å². The molecule has 2 heterocycles. The molecule has 0 aliphatic carbocycles. The van der Waals surface area contributed by atoms with Gasteiger partial charge in [-0.15, -0.1) is 5.10 Å². The summed E-state index contributed by atoms with van der Waals surface area (Å²) in [6.45, 7) is 0. The van der Waals surface area contributed by atoms with E-state index in [0.717, 1.165) is 4.68 Å². The molecule has 0 atom stereocenters. The van der Waals surface area contributed by atoms with Crippen LogP contribution in [0.1, 0.15) is 0 Å². The number of halogens is 2. The van der Waals surface area contributed by atoms with Crippen LogP contribution in [0.5, 0.6) is 0 Å². The Kier molecular flexibility index (Phi) is 3.55. The van der Waals surface area contributed by atoms with Crippen molar-refractivity contribution in [1.29, 1.82) is 0 Å². The molecular formula is C8H7BrClN5O2S. The second kappa shape index (κ2) is 4.82. The Morgan fingerprint density at radius 1 is 1.50 bits per heavy atom. The van der Waals surface area contributed by atoms with Gasteiger partial charge >= 0.3 is 0 Å². The number of nitrogens with one attached hydrogen (secondary N) is 1. The molecule has 0 aliphatic rings. The van der Waals surface area contributed by atoms with Gasteiger partial charge in [0.15, 0.2) is 4.60 Å². The Morgan fingerprint density at radius 2 is 2.22 bits per heavy atom. The van der Waals surface area contributed by atoms with Gasteiger partial charge in [-0.2, -0.15) is 8.42 Å². The van der Waals surface area contributed by atoms with Gasteiger partial charge in [-0.05, 0) is 22.0 Å². The number of aromatic nitrogens is 4. The van der Waals surface area contributed by atoms with Crippen molar-refractivity contribution in [3.05, 3.63) is 28.1 Å². The number of hydrogen-bond acceptors (Lipinski definition) is 5. The van der Waals surface area contributed by atoms with Gasteiger partial charge in [-0.25, -0.2) is 4.68 Å². The predicted octanol–water partition coefficient (Wildman–Crippen LogP) is 1.43. The summed E-state index contributed by atoms with van der Waals surface area (Å²) in [4.78, 5) is 3.79. The largest absolute Gasteiger partial charge is 0.282 e. The van der Waals surface area contributed by atoms with Gasteiger partial charge in [0.25, 0.3) is 10.0 Å². The van der Waals surface area contributed by atoms with E-state index in [2.05, 4.69) is 35.9 Å². The number of hydrogen-bond donors (Lipinski definition) is 1. The van der Waals surface area contributed by atoms with Crippen molar-refractivity contribution in [2.24, 2.45) is 7.05 Å². The zero-order chi connectivity index (χ0) is 13.3. The Morgan fingerprint density at radius 3 is 2.78 bits per heavy atom. The molecule has 0 spiro atoms. The smallest absolute Gasteiger partial charge is 0.275 e. The van der Waals surface area contributed by atoms with Crippen LogP contribution in [0.4, 0.5) is 5.69 Å². The van der Waals surface area contributed by atoms with Gasteiger partial charge in [-0.1, -0.05) is 16.8 Å². The molecule has 0 bridgehead atoms. The summed E-state index contributed by atoms with van der Waals surface area (Å²) < 4.78 is 27.8. The molecule has 2 aromatic rings. The van der Waals surface area contributed by atoms with E-state index in [1.165, 1.54) is 25.5 Å². The fraction of sp³-hybridized carbons (Fsp3) is 0.125. The first-order valence-corrected chi connectivity index (χ1v) is 7.25. The molecule has 96 valence electrons. The topological polar surface area (TPSA) is 89.8 Å². The van der Waals surface area contributed by atoms with Crippen LogP contribution >= 0.6 is 27.5 Å². The number of sulfonamides is 1. The molecule has 0 saturated heterocycles. The molecule has 0 aromatic carbocycles. The van der Waals surface area contributed by atoms with Crippen molar-refractivity contribution in [2.75, 3.05) is 4.72 Å². The fourth-order valence-corrected chi connectivity index (χ4v) is 3.62. The summed E-state index contributed by atoms with van der Waals surface area (Å²) in [5.41, 5.74) is 0.187. The minimum absolute atomic E-state index is 0.0950. The van der Waals surface area contributed by atoms with E-state index >= 15 is 0 Å². The van der Waals surface area contributed by atoms with Crippen molar-refractivity contribution in [3.63, 3.8) is 0 Å². The number of pyridine rings is 1. The first-order valence-electron chi connectivity index (χ1n) is 4.59. The maximum Gasteiger partial charge on any atom is 0.282 e. The zero-order valence-corrected chi connectivity index (χ0v) is 12.2. The fourth-order valence-electron chi connectivity index (χ4n) is 1.25. The van der Waals surface area contributed by atoms with E-state index in [1.807, 2.05) is 0 Å². The third kappa shape index (κ3) is 2.47. The Balaban J connectivity index is 2.43. The number of anilines is 1. The average molecular weight is 353 g/mol. The van der Waals surface area contributed by atoms with Crippen LogP contribution in [0.25, 0.3) is 0 Å². The highest BCUT2D eigenvalue weighted by atomic mass is 79.9. The summed E-state index contributed by atoms with van der Waals surface area (Å²) in [5, 5.41) is 7.36. The van der Waals surface area contributed by atoms with E-state index in [4.69, 9.17) is 11.6 Å². The van der Waals surface area contributed by atoms with E-state index in [0.29, 0.717) is 0 Å². The molecule has 2 aromatic heterocycles. The molecule has 7 nitrogen and oxygen atoms in total. The number of nitrogens with zero attached hydrogens (tertiary/aromatic N) is 4. The van der Waals surface area contributed by atoms with Gasteiger partial charge in [0.2, 0.25) is 5.03 Å². The van der Waals surface area contributed by atoms with Crippen molar-refractivity contribution < 1.29 is 8.42 Å². The third-order valence-electron chi connectivity index (χ3n) is 2.00. The second-order valence-corrected chi connectivity index (χ2v) is 6.03. The van der Waals surface area contributed by atoms with E-state index in [-0.39, 0.29) is 20.3 Å². The lowest BCUT2D eigenvalue weighted by molar-refractivity contribution is 0.578. The van der Waals surface area contributed by atoms with Gasteiger partial charge in [-0.3, -0.25) is 9.71 Å². The maximum absolute atomic E-state index is 12.1. The molecule has 0 saturated carbocycles. The van der Waals surface area contributed by atoms with Crippen molar-refractivity contribution in [1.82, 2.24) is 20.0 Å². The maximum atomic E-state index is 12.1. The first kappa shape index (κ1) is 13.2. The Labute approximate surface area is 116 Å². The quantitative estimate of drug-likeness (QED) is 0.902. The van der Waals surface area contributed by atoms with Gasteiger partial charge in [0.05, 0.1) is 16.9 Å². The van der Waals surface area contributed by atoms with E-state index < -0.39 is 10.0 Å². The van der Waals surface area contributed by atoms with Gasteiger partial charge in [0.1, 0.15) is 0 Å². The van der Waals surface area contributed by atoms with Crippen LogP contribution in [-0.4, -0.2) is 28.4 Å². The number of aryl methyl sites for hydroxylation is 1. The number of rotatable bonds is 3. The van der Waals surface area contributed by atoms with Crippen molar-refractivity contribution in [3.8, 4) is 0 Å². The average Bonchev–Trinajstić information content (AvgIpc) is 2.62. The van der Waals surface area contributed by atoms with Crippen LogP contribution in [-0.2, 0) is 17.1 Å². The standard InChI is InChI=1S/C8H7BrClN5O2S/c1-15-8(7(9)12-14-15)18(16,17)13-6-4-11-3-2-5(6)10/h2-4,13H,1H3. The summed E-state index contributed by atoms with van der Waals surface area (Å²) in [6.07, 6.45) is 2.78.